The van der Waals surface area contributed by atoms with E-state index in [1.54, 1.807) is 23.5 Å². The maximum atomic E-state index is 11.7. The van der Waals surface area contributed by atoms with Crippen molar-refractivity contribution in [3.05, 3.63) is 59.5 Å². The van der Waals surface area contributed by atoms with Crippen LogP contribution in [0.1, 0.15) is 11.7 Å². The molecule has 7 N–H and O–H groups in total. The third kappa shape index (κ3) is 3.45. The summed E-state index contributed by atoms with van der Waals surface area (Å²) < 4.78 is 24.4. The quantitative estimate of drug-likeness (QED) is 0.291. The van der Waals surface area contributed by atoms with E-state index in [-0.39, 0.29) is 11.1 Å². The van der Waals surface area contributed by atoms with Crippen LogP contribution in [-0.4, -0.2) is 13.4 Å². The fraction of sp³-hybridized carbons (Fsp3) is 0.0556. The molecule has 1 aliphatic heterocycles. The average molecular weight is 428 g/mol. The standard InChI is InChI=1S/C18H17N7O2S2/c19-29(26,27)12-3-1-2-11(9-12)20-18-14-6-7-28-16(14)13-5-4-10(8-15(13)21-18)17-22-24-25-23-17/h1-9,17,22-25H,(H,20,21)(H2,19,26,27). The van der Waals surface area contributed by atoms with Gasteiger partial charge in [-0.05, 0) is 41.3 Å². The van der Waals surface area contributed by atoms with Gasteiger partial charge in [-0.3, -0.25) is 0 Å². The van der Waals surface area contributed by atoms with Gasteiger partial charge < -0.3 is 5.32 Å². The number of sulfonamides is 1. The minimum atomic E-state index is -3.78. The molecular formula is C18H17N7O2S2. The van der Waals surface area contributed by atoms with E-state index >= 15 is 0 Å². The Labute approximate surface area is 170 Å². The molecule has 2 aromatic carbocycles. The highest BCUT2D eigenvalue weighted by Gasteiger charge is 2.17. The largest absolute Gasteiger partial charge is 0.340 e. The lowest BCUT2D eigenvalue weighted by atomic mass is 10.1. The molecule has 0 aliphatic carbocycles. The van der Waals surface area contributed by atoms with Crippen molar-refractivity contribution >= 4 is 53.9 Å². The van der Waals surface area contributed by atoms with Crippen molar-refractivity contribution in [1.29, 1.82) is 0 Å². The van der Waals surface area contributed by atoms with E-state index in [0.717, 1.165) is 26.6 Å². The van der Waals surface area contributed by atoms with E-state index in [1.807, 2.05) is 23.6 Å². The number of nitrogens with one attached hydrogen (secondary N) is 5. The molecule has 0 amide bonds. The second kappa shape index (κ2) is 7.00. The van der Waals surface area contributed by atoms with E-state index in [2.05, 4.69) is 33.3 Å². The number of nitrogens with two attached hydrogens (primary N) is 1. The fourth-order valence-corrected chi connectivity index (χ4v) is 4.79. The lowest BCUT2D eigenvalue weighted by Crippen LogP contribution is -2.33. The predicted octanol–water partition coefficient (Wildman–Crippen LogP) is 1.96. The van der Waals surface area contributed by atoms with E-state index in [0.29, 0.717) is 11.5 Å². The summed E-state index contributed by atoms with van der Waals surface area (Å²) in [5.41, 5.74) is 14.2. The summed E-state index contributed by atoms with van der Waals surface area (Å²) in [6.07, 6.45) is -0.0944. The van der Waals surface area contributed by atoms with Crippen LogP contribution in [0.5, 0.6) is 0 Å². The number of nitrogens with zero attached hydrogens (tertiary/aromatic N) is 1. The van der Waals surface area contributed by atoms with Crippen LogP contribution in [0.4, 0.5) is 11.5 Å². The molecule has 0 saturated carbocycles. The molecule has 0 unspecified atom stereocenters. The highest BCUT2D eigenvalue weighted by Crippen LogP contribution is 2.35. The van der Waals surface area contributed by atoms with Gasteiger partial charge in [-0.1, -0.05) is 18.2 Å². The Hall–Kier alpha value is -2.64. The Morgan fingerprint density at radius 2 is 1.86 bits per heavy atom. The first kappa shape index (κ1) is 18.4. The van der Waals surface area contributed by atoms with Crippen molar-refractivity contribution < 1.29 is 8.42 Å². The third-order valence-corrected chi connectivity index (χ3v) is 6.53. The molecule has 1 fully saturated rings. The highest BCUT2D eigenvalue weighted by atomic mass is 32.2. The number of hydrogen-bond donors (Lipinski definition) is 6. The maximum absolute atomic E-state index is 11.7. The summed E-state index contributed by atoms with van der Waals surface area (Å²) in [7, 11) is -3.78. The van der Waals surface area contributed by atoms with Gasteiger partial charge in [0, 0.05) is 21.2 Å². The summed E-state index contributed by atoms with van der Waals surface area (Å²) in [5, 5.41) is 12.5. The van der Waals surface area contributed by atoms with Crippen LogP contribution < -0.4 is 32.4 Å². The Morgan fingerprint density at radius 3 is 2.66 bits per heavy atom. The first-order valence-corrected chi connectivity index (χ1v) is 11.1. The minimum Gasteiger partial charge on any atom is -0.340 e. The number of primary sulfonamides is 1. The van der Waals surface area contributed by atoms with Crippen LogP contribution in [0.25, 0.3) is 21.0 Å². The third-order valence-electron chi connectivity index (χ3n) is 4.67. The number of fused-ring (bicyclic) bond motifs is 3. The summed E-state index contributed by atoms with van der Waals surface area (Å²) >= 11 is 1.64. The zero-order valence-corrected chi connectivity index (χ0v) is 16.6. The molecule has 0 bridgehead atoms. The summed E-state index contributed by atoms with van der Waals surface area (Å²) in [5.74, 6) is 0.654. The van der Waals surface area contributed by atoms with Crippen LogP contribution >= 0.6 is 11.3 Å². The van der Waals surface area contributed by atoms with Gasteiger partial charge in [0.15, 0.2) is 0 Å². The molecule has 1 saturated heterocycles. The molecule has 0 spiro atoms. The van der Waals surface area contributed by atoms with E-state index in [1.165, 1.54) is 12.1 Å². The average Bonchev–Trinajstić information content (AvgIpc) is 3.39. The van der Waals surface area contributed by atoms with Crippen molar-refractivity contribution in [2.75, 3.05) is 5.32 Å². The normalized spacial score (nSPS) is 15.3. The van der Waals surface area contributed by atoms with E-state index in [4.69, 9.17) is 10.1 Å². The Balaban J connectivity index is 1.61. The predicted molar refractivity (Wildman–Crippen MR) is 114 cm³/mol. The molecule has 11 heteroatoms. The molecule has 4 aromatic rings. The second-order valence-electron chi connectivity index (χ2n) is 6.57. The van der Waals surface area contributed by atoms with Gasteiger partial charge >= 0.3 is 0 Å². The molecule has 5 rings (SSSR count). The lowest BCUT2D eigenvalue weighted by molar-refractivity contribution is 0.555. The van der Waals surface area contributed by atoms with Crippen molar-refractivity contribution in [1.82, 2.24) is 26.9 Å². The number of hydrazine groups is 3. The molecule has 1 aliphatic rings. The number of anilines is 2. The number of rotatable bonds is 4. The molecule has 29 heavy (non-hydrogen) atoms. The van der Waals surface area contributed by atoms with Gasteiger partial charge in [-0.2, -0.15) is 11.1 Å². The van der Waals surface area contributed by atoms with Gasteiger partial charge in [0.25, 0.3) is 0 Å². The monoisotopic (exact) mass is 427 g/mol. The number of thiophene rings is 1. The number of benzene rings is 2. The van der Waals surface area contributed by atoms with E-state index < -0.39 is 10.0 Å². The van der Waals surface area contributed by atoms with Gasteiger partial charge in [0.1, 0.15) is 12.0 Å². The van der Waals surface area contributed by atoms with Crippen molar-refractivity contribution in [2.45, 2.75) is 11.1 Å². The van der Waals surface area contributed by atoms with Crippen LogP contribution in [0.2, 0.25) is 0 Å². The molecule has 0 radical (unpaired) electrons. The first-order valence-electron chi connectivity index (χ1n) is 8.71. The second-order valence-corrected chi connectivity index (χ2v) is 9.05. The molecule has 0 atom stereocenters. The Bertz CT molecular complexity index is 1330. The smallest absolute Gasteiger partial charge is 0.238 e. The van der Waals surface area contributed by atoms with Crippen LogP contribution in [0, 0.1) is 0 Å². The highest BCUT2D eigenvalue weighted by molar-refractivity contribution is 7.89. The summed E-state index contributed by atoms with van der Waals surface area (Å²) in [6, 6.07) is 14.5. The Morgan fingerprint density at radius 1 is 1.03 bits per heavy atom. The summed E-state index contributed by atoms with van der Waals surface area (Å²) in [4.78, 5) is 4.86. The van der Waals surface area contributed by atoms with Gasteiger partial charge in [-0.25, -0.2) is 29.4 Å². The summed E-state index contributed by atoms with van der Waals surface area (Å²) in [6.45, 7) is 0. The van der Waals surface area contributed by atoms with Crippen LogP contribution in [0.3, 0.4) is 0 Å². The van der Waals surface area contributed by atoms with E-state index in [9.17, 15) is 8.42 Å². The molecular weight excluding hydrogens is 410 g/mol. The zero-order valence-electron chi connectivity index (χ0n) is 14.9. The topological polar surface area (TPSA) is 133 Å². The fourth-order valence-electron chi connectivity index (χ4n) is 3.30. The van der Waals surface area contributed by atoms with Gasteiger partial charge in [0.05, 0.1) is 10.4 Å². The SMILES string of the molecule is NS(=O)(=O)c1cccc(Nc2nc3cc(C4NNNN4)ccc3c3sccc23)c1. The molecule has 3 heterocycles. The van der Waals surface area contributed by atoms with Crippen molar-refractivity contribution in [2.24, 2.45) is 5.14 Å². The number of pyridine rings is 1. The van der Waals surface area contributed by atoms with Crippen LogP contribution in [0.15, 0.2) is 58.8 Å². The molecule has 2 aromatic heterocycles. The zero-order chi connectivity index (χ0) is 20.0. The van der Waals surface area contributed by atoms with Gasteiger partial charge in [0.2, 0.25) is 10.0 Å². The van der Waals surface area contributed by atoms with Crippen LogP contribution in [-0.2, 0) is 10.0 Å². The van der Waals surface area contributed by atoms with Gasteiger partial charge in [-0.15, -0.1) is 11.3 Å². The molecule has 9 nitrogen and oxygen atoms in total. The Kier molecular flexibility index (Phi) is 4.44. The van der Waals surface area contributed by atoms with Crippen molar-refractivity contribution in [3.63, 3.8) is 0 Å². The number of hydrogen-bond acceptors (Lipinski definition) is 9. The van der Waals surface area contributed by atoms with Crippen molar-refractivity contribution in [3.8, 4) is 0 Å². The molecule has 148 valence electrons. The maximum Gasteiger partial charge on any atom is 0.238 e. The number of aromatic nitrogens is 1. The lowest BCUT2D eigenvalue weighted by Gasteiger charge is -2.13. The minimum absolute atomic E-state index is 0.0468. The first-order chi connectivity index (χ1) is 14.0.